The van der Waals surface area contributed by atoms with Gasteiger partial charge in [0.2, 0.25) is 0 Å². The van der Waals surface area contributed by atoms with Crippen LogP contribution in [0.15, 0.2) is 24.3 Å². The topological polar surface area (TPSA) is 21.3 Å². The molecule has 1 N–H and O–H groups in total. The maximum atomic E-state index is 5.89. The summed E-state index contributed by atoms with van der Waals surface area (Å²) in [5, 5.41) is 3.75. The summed E-state index contributed by atoms with van der Waals surface area (Å²) in [4.78, 5) is 0. The molecule has 0 aliphatic heterocycles. The molecule has 0 saturated heterocycles. The van der Waals surface area contributed by atoms with Gasteiger partial charge in [-0.3, -0.25) is 0 Å². The molecule has 0 aromatic heterocycles. The second-order valence-electron chi connectivity index (χ2n) is 6.37. The van der Waals surface area contributed by atoms with E-state index < -0.39 is 0 Å². The number of hydrogen-bond donors (Lipinski definition) is 1. The summed E-state index contributed by atoms with van der Waals surface area (Å²) in [6.07, 6.45) is 4.23. The normalized spacial score (nSPS) is 26.1. The Morgan fingerprint density at radius 3 is 2.65 bits per heavy atom. The van der Waals surface area contributed by atoms with E-state index >= 15 is 0 Å². The molecule has 20 heavy (non-hydrogen) atoms. The standard InChI is InChI=1S/C18H29NO/c1-5-15-10-11-17(14(15)4)19-12-16-8-6-7-9-18(16)20-13(2)3/h6-9,13-15,17,19H,5,10-12H2,1-4H3. The van der Waals surface area contributed by atoms with Crippen LogP contribution in [-0.2, 0) is 6.54 Å². The minimum atomic E-state index is 0.228. The van der Waals surface area contributed by atoms with Gasteiger partial charge in [-0.15, -0.1) is 0 Å². The first kappa shape index (κ1) is 15.4. The summed E-state index contributed by atoms with van der Waals surface area (Å²) in [6.45, 7) is 9.78. The average molecular weight is 275 g/mol. The van der Waals surface area contributed by atoms with Gasteiger partial charge in [0.1, 0.15) is 5.75 Å². The lowest BCUT2D eigenvalue weighted by atomic mass is 9.93. The van der Waals surface area contributed by atoms with Crippen molar-refractivity contribution >= 4 is 0 Å². The van der Waals surface area contributed by atoms with E-state index in [0.29, 0.717) is 6.04 Å². The van der Waals surface area contributed by atoms with E-state index in [1.54, 1.807) is 0 Å². The van der Waals surface area contributed by atoms with Crippen LogP contribution >= 0.6 is 0 Å². The SMILES string of the molecule is CCC1CCC(NCc2ccccc2OC(C)C)C1C. The monoisotopic (exact) mass is 275 g/mol. The molecule has 3 unspecified atom stereocenters. The average Bonchev–Trinajstić information content (AvgIpc) is 2.78. The number of nitrogens with one attached hydrogen (secondary N) is 1. The number of benzene rings is 1. The highest BCUT2D eigenvalue weighted by molar-refractivity contribution is 5.33. The lowest BCUT2D eigenvalue weighted by Crippen LogP contribution is -2.32. The zero-order chi connectivity index (χ0) is 14.5. The van der Waals surface area contributed by atoms with Crippen molar-refractivity contribution in [3.63, 3.8) is 0 Å². The minimum Gasteiger partial charge on any atom is -0.491 e. The highest BCUT2D eigenvalue weighted by atomic mass is 16.5. The fourth-order valence-corrected chi connectivity index (χ4v) is 3.37. The molecule has 112 valence electrons. The van der Waals surface area contributed by atoms with Gasteiger partial charge in [-0.2, -0.15) is 0 Å². The second kappa shape index (κ2) is 7.12. The predicted octanol–water partition coefficient (Wildman–Crippen LogP) is 4.39. The molecule has 0 heterocycles. The van der Waals surface area contributed by atoms with Crippen molar-refractivity contribution in [2.45, 2.75) is 65.6 Å². The molecule has 2 nitrogen and oxygen atoms in total. The van der Waals surface area contributed by atoms with Crippen molar-refractivity contribution in [1.82, 2.24) is 5.32 Å². The molecular weight excluding hydrogens is 246 g/mol. The summed E-state index contributed by atoms with van der Waals surface area (Å²) in [5.74, 6) is 2.71. The number of para-hydroxylation sites is 1. The van der Waals surface area contributed by atoms with Gasteiger partial charge in [0.25, 0.3) is 0 Å². The molecule has 1 aromatic rings. The number of ether oxygens (including phenoxy) is 1. The summed E-state index contributed by atoms with van der Waals surface area (Å²) >= 11 is 0. The maximum absolute atomic E-state index is 5.89. The fourth-order valence-electron chi connectivity index (χ4n) is 3.37. The lowest BCUT2D eigenvalue weighted by molar-refractivity contribution is 0.238. The Kier molecular flexibility index (Phi) is 5.47. The van der Waals surface area contributed by atoms with Gasteiger partial charge in [0.05, 0.1) is 6.10 Å². The van der Waals surface area contributed by atoms with Crippen molar-refractivity contribution in [2.24, 2.45) is 11.8 Å². The second-order valence-corrected chi connectivity index (χ2v) is 6.37. The summed E-state index contributed by atoms with van der Waals surface area (Å²) in [7, 11) is 0. The van der Waals surface area contributed by atoms with Crippen LogP contribution in [0.1, 0.15) is 52.5 Å². The zero-order valence-electron chi connectivity index (χ0n) is 13.4. The third-order valence-electron chi connectivity index (χ3n) is 4.64. The Morgan fingerprint density at radius 2 is 2.00 bits per heavy atom. The van der Waals surface area contributed by atoms with Crippen LogP contribution in [0.4, 0.5) is 0 Å². The Balaban J connectivity index is 1.94. The van der Waals surface area contributed by atoms with Crippen molar-refractivity contribution < 1.29 is 4.74 Å². The minimum absolute atomic E-state index is 0.228. The highest BCUT2D eigenvalue weighted by Gasteiger charge is 2.30. The molecule has 1 aliphatic carbocycles. The largest absolute Gasteiger partial charge is 0.491 e. The van der Waals surface area contributed by atoms with Crippen molar-refractivity contribution in [1.29, 1.82) is 0 Å². The van der Waals surface area contributed by atoms with Crippen molar-refractivity contribution in [3.05, 3.63) is 29.8 Å². The Morgan fingerprint density at radius 1 is 1.25 bits per heavy atom. The van der Waals surface area contributed by atoms with Gasteiger partial charge in [0, 0.05) is 18.2 Å². The smallest absolute Gasteiger partial charge is 0.124 e. The van der Waals surface area contributed by atoms with Gasteiger partial charge in [-0.1, -0.05) is 38.5 Å². The lowest BCUT2D eigenvalue weighted by Gasteiger charge is -2.22. The van der Waals surface area contributed by atoms with Gasteiger partial charge >= 0.3 is 0 Å². The fraction of sp³-hybridized carbons (Fsp3) is 0.667. The molecule has 0 spiro atoms. The molecule has 0 bridgehead atoms. The quantitative estimate of drug-likeness (QED) is 0.831. The Labute approximate surface area is 123 Å². The first-order chi connectivity index (χ1) is 9.61. The first-order valence-electron chi connectivity index (χ1n) is 8.09. The van der Waals surface area contributed by atoms with Crippen LogP contribution in [-0.4, -0.2) is 12.1 Å². The Bertz CT molecular complexity index is 416. The van der Waals surface area contributed by atoms with E-state index in [1.807, 2.05) is 6.07 Å². The number of hydrogen-bond acceptors (Lipinski definition) is 2. The summed E-state index contributed by atoms with van der Waals surface area (Å²) in [6, 6.07) is 9.04. The molecule has 1 aliphatic rings. The maximum Gasteiger partial charge on any atom is 0.124 e. The first-order valence-corrected chi connectivity index (χ1v) is 8.09. The molecule has 0 amide bonds. The van der Waals surface area contributed by atoms with Crippen LogP contribution in [0.3, 0.4) is 0 Å². The molecule has 0 radical (unpaired) electrons. The van der Waals surface area contributed by atoms with Gasteiger partial charge in [-0.05, 0) is 44.6 Å². The molecule has 1 aromatic carbocycles. The van der Waals surface area contributed by atoms with E-state index in [9.17, 15) is 0 Å². The van der Waals surface area contributed by atoms with Crippen LogP contribution in [0.25, 0.3) is 0 Å². The van der Waals surface area contributed by atoms with E-state index in [2.05, 4.69) is 51.2 Å². The van der Waals surface area contributed by atoms with E-state index in [1.165, 1.54) is 24.8 Å². The van der Waals surface area contributed by atoms with Crippen molar-refractivity contribution in [3.8, 4) is 5.75 Å². The van der Waals surface area contributed by atoms with Crippen molar-refractivity contribution in [2.75, 3.05) is 0 Å². The summed E-state index contributed by atoms with van der Waals surface area (Å²) < 4.78 is 5.89. The highest BCUT2D eigenvalue weighted by Crippen LogP contribution is 2.34. The van der Waals surface area contributed by atoms with Crippen LogP contribution in [0, 0.1) is 11.8 Å². The molecule has 1 saturated carbocycles. The Hall–Kier alpha value is -1.02. The molecular formula is C18H29NO. The third kappa shape index (κ3) is 3.76. The molecule has 1 fully saturated rings. The molecule has 2 heteroatoms. The molecule has 3 atom stereocenters. The van der Waals surface area contributed by atoms with E-state index in [0.717, 1.165) is 24.1 Å². The van der Waals surface area contributed by atoms with E-state index in [-0.39, 0.29) is 6.10 Å². The van der Waals surface area contributed by atoms with Crippen LogP contribution < -0.4 is 10.1 Å². The van der Waals surface area contributed by atoms with Gasteiger partial charge in [0.15, 0.2) is 0 Å². The number of rotatable bonds is 6. The van der Waals surface area contributed by atoms with Gasteiger partial charge < -0.3 is 10.1 Å². The third-order valence-corrected chi connectivity index (χ3v) is 4.64. The summed E-state index contributed by atoms with van der Waals surface area (Å²) in [5.41, 5.74) is 1.27. The zero-order valence-corrected chi connectivity index (χ0v) is 13.4. The predicted molar refractivity (Wildman–Crippen MR) is 85.0 cm³/mol. The van der Waals surface area contributed by atoms with Gasteiger partial charge in [-0.25, -0.2) is 0 Å². The molecule has 2 rings (SSSR count). The van der Waals surface area contributed by atoms with Crippen LogP contribution in [0.5, 0.6) is 5.75 Å². The van der Waals surface area contributed by atoms with E-state index in [4.69, 9.17) is 4.74 Å². The van der Waals surface area contributed by atoms with Crippen LogP contribution in [0.2, 0.25) is 0 Å².